The highest BCUT2D eigenvalue weighted by atomic mass is 16.5. The van der Waals surface area contributed by atoms with Crippen molar-refractivity contribution in [3.63, 3.8) is 0 Å². The summed E-state index contributed by atoms with van der Waals surface area (Å²) in [7, 11) is 0. The molecule has 0 bridgehead atoms. The van der Waals surface area contributed by atoms with Crippen LogP contribution in [0.1, 0.15) is 70.5 Å². The van der Waals surface area contributed by atoms with Crippen LogP contribution in [0.3, 0.4) is 0 Å². The molecule has 1 N–H and O–H groups in total. The van der Waals surface area contributed by atoms with E-state index in [9.17, 15) is 9.90 Å². The first-order valence-corrected chi connectivity index (χ1v) is 9.54. The number of rotatable bonds is 2. The summed E-state index contributed by atoms with van der Waals surface area (Å²) in [5.41, 5.74) is -0.278. The number of nitrogens with zero attached hydrogens (tertiary/aromatic N) is 1. The maximum atomic E-state index is 13.9. The molecule has 4 nitrogen and oxygen atoms in total. The van der Waals surface area contributed by atoms with Crippen molar-refractivity contribution in [1.82, 2.24) is 4.90 Å². The van der Waals surface area contributed by atoms with E-state index in [2.05, 4.69) is 0 Å². The van der Waals surface area contributed by atoms with Crippen molar-refractivity contribution < 1.29 is 14.6 Å². The Morgan fingerprint density at radius 1 is 1.11 bits per heavy atom. The highest BCUT2D eigenvalue weighted by Gasteiger charge is 2.49. The van der Waals surface area contributed by atoms with Gasteiger partial charge in [0, 0.05) is 0 Å². The van der Waals surface area contributed by atoms with E-state index in [1.54, 1.807) is 0 Å². The Morgan fingerprint density at radius 2 is 1.74 bits per heavy atom. The minimum Gasteiger partial charge on any atom is -0.388 e. The van der Waals surface area contributed by atoms with Gasteiger partial charge in [-0.25, -0.2) is 0 Å². The van der Waals surface area contributed by atoms with E-state index in [4.69, 9.17) is 4.74 Å². The number of benzene rings is 2. The molecule has 3 rings (SSSR count). The van der Waals surface area contributed by atoms with Crippen LogP contribution in [0.25, 0.3) is 10.8 Å². The van der Waals surface area contributed by atoms with Gasteiger partial charge in [0.05, 0.1) is 23.8 Å². The fourth-order valence-electron chi connectivity index (χ4n) is 4.06. The first-order valence-electron chi connectivity index (χ1n) is 9.54. The van der Waals surface area contributed by atoms with Crippen LogP contribution in [0.4, 0.5) is 0 Å². The third-order valence-electron chi connectivity index (χ3n) is 5.42. The molecule has 146 valence electrons. The van der Waals surface area contributed by atoms with Gasteiger partial charge in [0.15, 0.2) is 0 Å². The molecule has 0 aliphatic carbocycles. The lowest BCUT2D eigenvalue weighted by Gasteiger charge is -2.39. The number of aliphatic hydroxyl groups excluding tert-OH is 1. The number of carbonyl (C=O) groups is 1. The zero-order chi connectivity index (χ0) is 20.2. The molecule has 0 spiro atoms. The molecule has 0 aromatic heterocycles. The van der Waals surface area contributed by atoms with E-state index in [1.807, 2.05) is 89.8 Å². The van der Waals surface area contributed by atoms with Crippen molar-refractivity contribution in [3.8, 4) is 0 Å². The Kier molecular flexibility index (Phi) is 4.64. The van der Waals surface area contributed by atoms with Crippen molar-refractivity contribution >= 4 is 16.7 Å². The van der Waals surface area contributed by atoms with Gasteiger partial charge in [-0.3, -0.25) is 4.79 Å². The number of ether oxygens (including phenoxy) is 1. The minimum atomic E-state index is -0.754. The van der Waals surface area contributed by atoms with Crippen LogP contribution in [0.5, 0.6) is 0 Å². The molecule has 1 heterocycles. The van der Waals surface area contributed by atoms with Crippen LogP contribution in [0, 0.1) is 5.41 Å². The third-order valence-corrected chi connectivity index (χ3v) is 5.42. The van der Waals surface area contributed by atoms with E-state index >= 15 is 0 Å². The van der Waals surface area contributed by atoms with Gasteiger partial charge in [0.25, 0.3) is 5.91 Å². The van der Waals surface area contributed by atoms with Crippen LogP contribution in [-0.4, -0.2) is 33.8 Å². The summed E-state index contributed by atoms with van der Waals surface area (Å²) in [6, 6.07) is 11.7. The molecule has 2 aromatic carbocycles. The summed E-state index contributed by atoms with van der Waals surface area (Å²) in [6.07, 6.45) is -0.754. The number of amides is 1. The molecule has 0 radical (unpaired) electrons. The topological polar surface area (TPSA) is 49.8 Å². The average molecular weight is 370 g/mol. The normalized spacial score (nSPS) is 20.1. The summed E-state index contributed by atoms with van der Waals surface area (Å²) in [6.45, 7) is 14.3. The number of aliphatic hydroxyl groups is 1. The summed E-state index contributed by atoms with van der Waals surface area (Å²) in [4.78, 5) is 15.7. The molecular weight excluding hydrogens is 338 g/mol. The minimum absolute atomic E-state index is 0.0994. The van der Waals surface area contributed by atoms with Crippen LogP contribution < -0.4 is 0 Å². The van der Waals surface area contributed by atoms with E-state index in [1.165, 1.54) is 0 Å². The summed E-state index contributed by atoms with van der Waals surface area (Å²) in [5.74, 6) is -0.0994. The smallest absolute Gasteiger partial charge is 0.257 e. The van der Waals surface area contributed by atoms with Crippen molar-refractivity contribution in [3.05, 3.63) is 47.5 Å². The molecule has 4 heteroatoms. The zero-order valence-electron chi connectivity index (χ0n) is 17.5. The Balaban J connectivity index is 2.27. The first-order chi connectivity index (χ1) is 12.4. The second kappa shape index (κ2) is 6.32. The molecule has 0 saturated carbocycles. The van der Waals surface area contributed by atoms with Gasteiger partial charge in [-0.2, -0.15) is 0 Å². The van der Waals surface area contributed by atoms with Gasteiger partial charge in [0.2, 0.25) is 0 Å². The van der Waals surface area contributed by atoms with Crippen molar-refractivity contribution in [1.29, 1.82) is 0 Å². The van der Waals surface area contributed by atoms with Crippen LogP contribution in [0.2, 0.25) is 0 Å². The number of fused-ring (bicyclic) bond motifs is 1. The summed E-state index contributed by atoms with van der Waals surface area (Å²) < 4.78 is 5.93. The van der Waals surface area contributed by atoms with Gasteiger partial charge in [-0.1, -0.05) is 57.2 Å². The highest BCUT2D eigenvalue weighted by Crippen LogP contribution is 2.41. The molecule has 1 atom stereocenters. The lowest BCUT2D eigenvalue weighted by molar-refractivity contribution is -0.0433. The van der Waals surface area contributed by atoms with Crippen molar-refractivity contribution in [2.45, 2.75) is 65.8 Å². The predicted molar refractivity (Wildman–Crippen MR) is 109 cm³/mol. The summed E-state index contributed by atoms with van der Waals surface area (Å²) >= 11 is 0. The number of carbonyl (C=O) groups excluding carboxylic acids is 1. The maximum Gasteiger partial charge on any atom is 0.257 e. The van der Waals surface area contributed by atoms with Gasteiger partial charge < -0.3 is 14.7 Å². The molecule has 0 unspecified atom stereocenters. The Labute approximate surface area is 162 Å². The van der Waals surface area contributed by atoms with E-state index < -0.39 is 17.4 Å². The molecule has 1 saturated heterocycles. The lowest BCUT2D eigenvalue weighted by Crippen LogP contribution is -2.53. The van der Waals surface area contributed by atoms with E-state index in [0.29, 0.717) is 17.7 Å². The predicted octanol–water partition coefficient (Wildman–Crippen LogP) is 4.91. The van der Waals surface area contributed by atoms with Gasteiger partial charge in [-0.05, 0) is 49.4 Å². The standard InChI is InChI=1S/C23H31NO3/c1-21(2,3)19(25)17-13-12-15-10-8-9-11-16(15)18(17)20(26)24-22(4,5)14-27-23(24,6)7/h8-13,19,25H,14H2,1-7H3/t19-/m0/s1. The third kappa shape index (κ3) is 3.37. The molecular formula is C23H31NO3. The Bertz CT molecular complexity index is 861. The van der Waals surface area contributed by atoms with Crippen LogP contribution >= 0.6 is 0 Å². The monoisotopic (exact) mass is 369 g/mol. The van der Waals surface area contributed by atoms with Crippen molar-refractivity contribution in [2.75, 3.05) is 6.61 Å². The lowest BCUT2D eigenvalue weighted by atomic mass is 9.81. The molecule has 27 heavy (non-hydrogen) atoms. The molecule has 1 amide bonds. The first kappa shape index (κ1) is 19.8. The fourth-order valence-corrected chi connectivity index (χ4v) is 4.06. The maximum absolute atomic E-state index is 13.9. The quantitative estimate of drug-likeness (QED) is 0.818. The Hall–Kier alpha value is -1.91. The van der Waals surface area contributed by atoms with Gasteiger partial charge in [-0.15, -0.1) is 0 Å². The molecule has 1 aliphatic rings. The van der Waals surface area contributed by atoms with E-state index in [0.717, 1.165) is 10.8 Å². The number of hydrogen-bond donors (Lipinski definition) is 1. The van der Waals surface area contributed by atoms with Crippen LogP contribution in [0.15, 0.2) is 36.4 Å². The molecule has 2 aromatic rings. The summed E-state index contributed by atoms with van der Waals surface area (Å²) in [5, 5.41) is 12.9. The number of hydrogen-bond acceptors (Lipinski definition) is 3. The van der Waals surface area contributed by atoms with Crippen LogP contribution in [-0.2, 0) is 4.74 Å². The molecule has 1 aliphatic heterocycles. The second-order valence-electron chi connectivity index (χ2n) is 9.71. The van der Waals surface area contributed by atoms with Gasteiger partial charge >= 0.3 is 0 Å². The van der Waals surface area contributed by atoms with Gasteiger partial charge in [0.1, 0.15) is 5.72 Å². The SMILES string of the molecule is CC(C)(C)[C@@H](O)c1ccc2ccccc2c1C(=O)N1C(C)(C)COC1(C)C. The largest absolute Gasteiger partial charge is 0.388 e. The molecule has 1 fully saturated rings. The van der Waals surface area contributed by atoms with E-state index in [-0.39, 0.29) is 11.3 Å². The Morgan fingerprint density at radius 3 is 2.30 bits per heavy atom. The fraction of sp³-hybridized carbons (Fsp3) is 0.522. The second-order valence-corrected chi connectivity index (χ2v) is 9.71. The average Bonchev–Trinajstić information content (AvgIpc) is 2.79. The van der Waals surface area contributed by atoms with Crippen molar-refractivity contribution in [2.24, 2.45) is 5.41 Å². The highest BCUT2D eigenvalue weighted by molar-refractivity contribution is 6.09. The zero-order valence-corrected chi connectivity index (χ0v) is 17.5.